The number of nitrogens with zero attached hydrogens (tertiary/aromatic N) is 1. The van der Waals surface area contributed by atoms with Crippen LogP contribution in [0.4, 0.5) is 0 Å². The van der Waals surface area contributed by atoms with Crippen molar-refractivity contribution in [2.45, 2.75) is 43.9 Å². The highest BCUT2D eigenvalue weighted by Gasteiger charge is 2.48. The summed E-state index contributed by atoms with van der Waals surface area (Å²) in [7, 11) is 0. The molecule has 2 aliphatic heterocycles. The number of likely N-dealkylation sites (tertiary alicyclic amines) is 1. The predicted octanol–water partition coefficient (Wildman–Crippen LogP) is 0.113. The van der Waals surface area contributed by atoms with Crippen LogP contribution >= 0.6 is 0 Å². The molecule has 4 nitrogen and oxygen atoms in total. The molecule has 84 valence electrons. The van der Waals surface area contributed by atoms with Crippen molar-refractivity contribution in [2.75, 3.05) is 13.1 Å². The van der Waals surface area contributed by atoms with E-state index in [9.17, 15) is 4.79 Å². The van der Waals surface area contributed by atoms with E-state index >= 15 is 0 Å². The molecule has 0 aromatic carbocycles. The minimum atomic E-state index is 0.226. The highest BCUT2D eigenvalue weighted by atomic mass is 16.5. The zero-order valence-electron chi connectivity index (χ0n) is 8.89. The first-order chi connectivity index (χ1) is 7.29. The molecule has 3 rings (SSSR count). The molecule has 0 spiro atoms. The average molecular weight is 210 g/mol. The molecular weight excluding hydrogens is 192 g/mol. The maximum absolute atomic E-state index is 11.8. The summed E-state index contributed by atoms with van der Waals surface area (Å²) in [5.74, 6) is 0.712. The summed E-state index contributed by atoms with van der Waals surface area (Å²) < 4.78 is 5.80. The van der Waals surface area contributed by atoms with Gasteiger partial charge in [0.25, 0.3) is 0 Å². The van der Waals surface area contributed by atoms with Gasteiger partial charge in [0.15, 0.2) is 0 Å². The molecule has 1 saturated carbocycles. The zero-order valence-corrected chi connectivity index (χ0v) is 8.89. The van der Waals surface area contributed by atoms with Gasteiger partial charge in [-0.15, -0.1) is 0 Å². The second-order valence-electron chi connectivity index (χ2n) is 4.94. The Hall–Kier alpha value is -0.610. The lowest BCUT2D eigenvalue weighted by Gasteiger charge is -2.52. The van der Waals surface area contributed by atoms with E-state index in [1.165, 1.54) is 0 Å². The fourth-order valence-corrected chi connectivity index (χ4v) is 2.65. The number of fused-ring (bicyclic) bond motifs is 1. The summed E-state index contributed by atoms with van der Waals surface area (Å²) in [6.45, 7) is 1.41. The number of carbonyl (C=O) groups is 1. The molecule has 0 aromatic rings. The first kappa shape index (κ1) is 9.60. The second kappa shape index (κ2) is 3.46. The highest BCUT2D eigenvalue weighted by Crippen LogP contribution is 2.38. The molecule has 0 radical (unpaired) electrons. The van der Waals surface area contributed by atoms with E-state index in [0.717, 1.165) is 32.2 Å². The third-order valence-corrected chi connectivity index (χ3v) is 3.83. The van der Waals surface area contributed by atoms with Gasteiger partial charge in [-0.05, 0) is 25.7 Å². The minimum absolute atomic E-state index is 0.226. The Kier molecular flexibility index (Phi) is 2.21. The standard InChI is InChI=1S/C11H18N2O2/c12-5-8-3-4-9-10(15-8)6-13(9)11(14)7-1-2-7/h7-10H,1-6,12H2/t8-,9-,10-/m1/s1. The maximum Gasteiger partial charge on any atom is 0.226 e. The Labute approximate surface area is 89.7 Å². The monoisotopic (exact) mass is 210 g/mol. The second-order valence-corrected chi connectivity index (χ2v) is 4.94. The number of nitrogens with two attached hydrogens (primary N) is 1. The van der Waals surface area contributed by atoms with Crippen LogP contribution < -0.4 is 5.73 Å². The van der Waals surface area contributed by atoms with Gasteiger partial charge in [0.2, 0.25) is 5.91 Å². The van der Waals surface area contributed by atoms with Crippen LogP contribution in [0.15, 0.2) is 0 Å². The Bertz CT molecular complexity index is 278. The predicted molar refractivity (Wildman–Crippen MR) is 55.2 cm³/mol. The Morgan fingerprint density at radius 3 is 2.73 bits per heavy atom. The summed E-state index contributed by atoms with van der Waals surface area (Å²) in [6.07, 6.45) is 4.77. The van der Waals surface area contributed by atoms with Gasteiger partial charge in [-0.2, -0.15) is 0 Å². The van der Waals surface area contributed by atoms with Gasteiger partial charge in [0.1, 0.15) is 0 Å². The number of carbonyl (C=O) groups excluding carboxylic acids is 1. The van der Waals surface area contributed by atoms with Gasteiger partial charge >= 0.3 is 0 Å². The van der Waals surface area contributed by atoms with Crippen molar-refractivity contribution >= 4 is 5.91 Å². The molecule has 1 aliphatic carbocycles. The third kappa shape index (κ3) is 1.56. The highest BCUT2D eigenvalue weighted by molar-refractivity contribution is 5.82. The Morgan fingerprint density at radius 2 is 2.13 bits per heavy atom. The smallest absolute Gasteiger partial charge is 0.226 e. The molecule has 3 fully saturated rings. The third-order valence-electron chi connectivity index (χ3n) is 3.83. The van der Waals surface area contributed by atoms with Gasteiger partial charge in [0, 0.05) is 19.0 Å². The first-order valence-corrected chi connectivity index (χ1v) is 5.95. The van der Waals surface area contributed by atoms with Crippen molar-refractivity contribution in [3.63, 3.8) is 0 Å². The molecule has 1 amide bonds. The zero-order chi connectivity index (χ0) is 10.4. The number of hydrogen-bond acceptors (Lipinski definition) is 3. The molecule has 2 saturated heterocycles. The molecular formula is C11H18N2O2. The van der Waals surface area contributed by atoms with Crippen LogP contribution in [-0.2, 0) is 9.53 Å². The van der Waals surface area contributed by atoms with E-state index in [0.29, 0.717) is 24.4 Å². The number of rotatable bonds is 2. The molecule has 4 heteroatoms. The van der Waals surface area contributed by atoms with Crippen LogP contribution in [0.5, 0.6) is 0 Å². The minimum Gasteiger partial charge on any atom is -0.370 e. The topological polar surface area (TPSA) is 55.6 Å². The fourth-order valence-electron chi connectivity index (χ4n) is 2.65. The van der Waals surface area contributed by atoms with Crippen LogP contribution in [0, 0.1) is 5.92 Å². The van der Waals surface area contributed by atoms with E-state index in [2.05, 4.69) is 0 Å². The number of ether oxygens (including phenoxy) is 1. The summed E-state index contributed by atoms with van der Waals surface area (Å²) in [5.41, 5.74) is 5.58. The van der Waals surface area contributed by atoms with Crippen LogP contribution in [0.25, 0.3) is 0 Å². The van der Waals surface area contributed by atoms with Crippen molar-refractivity contribution in [3.05, 3.63) is 0 Å². The van der Waals surface area contributed by atoms with Crippen molar-refractivity contribution in [2.24, 2.45) is 11.7 Å². The van der Waals surface area contributed by atoms with Gasteiger partial charge in [0.05, 0.1) is 18.2 Å². The Balaban J connectivity index is 1.58. The van der Waals surface area contributed by atoms with Gasteiger partial charge in [-0.1, -0.05) is 0 Å². The molecule has 0 bridgehead atoms. The van der Waals surface area contributed by atoms with Crippen LogP contribution in [0.2, 0.25) is 0 Å². The molecule has 3 aliphatic rings. The van der Waals surface area contributed by atoms with Crippen molar-refractivity contribution in [1.82, 2.24) is 4.90 Å². The van der Waals surface area contributed by atoms with Gasteiger partial charge < -0.3 is 15.4 Å². The van der Waals surface area contributed by atoms with Gasteiger partial charge in [-0.25, -0.2) is 0 Å². The molecule has 0 aromatic heterocycles. The van der Waals surface area contributed by atoms with Crippen molar-refractivity contribution < 1.29 is 9.53 Å². The van der Waals surface area contributed by atoms with E-state index in [1.807, 2.05) is 4.90 Å². The van der Waals surface area contributed by atoms with Crippen LogP contribution in [-0.4, -0.2) is 42.1 Å². The lowest BCUT2D eigenvalue weighted by Crippen LogP contribution is -2.66. The lowest BCUT2D eigenvalue weighted by atomic mass is 9.89. The summed E-state index contributed by atoms with van der Waals surface area (Å²) in [5, 5.41) is 0. The largest absolute Gasteiger partial charge is 0.370 e. The summed E-state index contributed by atoms with van der Waals surface area (Å²) >= 11 is 0. The molecule has 3 atom stereocenters. The molecule has 0 unspecified atom stereocenters. The lowest BCUT2D eigenvalue weighted by molar-refractivity contribution is -0.181. The SMILES string of the molecule is NC[C@H]1CC[C@@H]2[C@@H](CN2C(=O)C2CC2)O1. The Morgan fingerprint density at radius 1 is 1.33 bits per heavy atom. The summed E-state index contributed by atoms with van der Waals surface area (Å²) in [4.78, 5) is 13.9. The first-order valence-electron chi connectivity index (χ1n) is 5.95. The van der Waals surface area contributed by atoms with E-state index < -0.39 is 0 Å². The number of hydrogen-bond donors (Lipinski definition) is 1. The van der Waals surface area contributed by atoms with Crippen molar-refractivity contribution in [3.8, 4) is 0 Å². The normalized spacial score (nSPS) is 39.5. The fraction of sp³-hybridized carbons (Fsp3) is 0.909. The summed E-state index contributed by atoms with van der Waals surface area (Å²) in [6, 6.07) is 0.362. The molecule has 15 heavy (non-hydrogen) atoms. The quantitative estimate of drug-likeness (QED) is 0.704. The van der Waals surface area contributed by atoms with Crippen LogP contribution in [0.3, 0.4) is 0 Å². The number of amides is 1. The maximum atomic E-state index is 11.8. The van der Waals surface area contributed by atoms with E-state index in [4.69, 9.17) is 10.5 Å². The van der Waals surface area contributed by atoms with E-state index in [-0.39, 0.29) is 12.2 Å². The van der Waals surface area contributed by atoms with Gasteiger partial charge in [-0.3, -0.25) is 4.79 Å². The average Bonchev–Trinajstić information content (AvgIpc) is 3.02. The molecule has 2 heterocycles. The van der Waals surface area contributed by atoms with Crippen molar-refractivity contribution in [1.29, 1.82) is 0 Å². The van der Waals surface area contributed by atoms with E-state index in [1.54, 1.807) is 0 Å². The van der Waals surface area contributed by atoms with Crippen LogP contribution in [0.1, 0.15) is 25.7 Å². The molecule has 2 N–H and O–H groups in total.